The van der Waals surface area contributed by atoms with E-state index in [0.29, 0.717) is 48.2 Å². The van der Waals surface area contributed by atoms with Gasteiger partial charge >= 0.3 is 5.97 Å². The van der Waals surface area contributed by atoms with Crippen LogP contribution in [0.4, 0.5) is 0 Å². The van der Waals surface area contributed by atoms with Crippen molar-refractivity contribution in [2.24, 2.45) is 0 Å². The Morgan fingerprint density at radius 1 is 1.06 bits per heavy atom. The Bertz CT molecular complexity index is 938. The number of hydrogen-bond donors (Lipinski definition) is 1. The van der Waals surface area contributed by atoms with Crippen molar-refractivity contribution >= 4 is 11.8 Å². The van der Waals surface area contributed by atoms with Crippen LogP contribution >= 0.6 is 0 Å². The summed E-state index contributed by atoms with van der Waals surface area (Å²) >= 11 is 0. The number of ketones is 1. The standard InChI is InChI=1S/C25H30O7/c1-3-7-17(32-23-10-6-5-9-22(23)31-16-24(27)28)15-30-21-12-11-18-20(26)13-14-29-25(18)19(21)8-4-2/h5-6,9-12,17H,3-4,7-8,13-16H2,1-2H3,(H,27,28). The molecule has 1 unspecified atom stereocenters. The molecule has 0 saturated carbocycles. The lowest BCUT2D eigenvalue weighted by Crippen LogP contribution is -2.26. The highest BCUT2D eigenvalue weighted by molar-refractivity contribution is 6.00. The SMILES string of the molecule is CCCc1c(OCC(CCC)Oc2ccccc2OCC(=O)O)ccc2c1OCCC2=O. The highest BCUT2D eigenvalue weighted by Crippen LogP contribution is 2.37. The van der Waals surface area contributed by atoms with Crippen molar-refractivity contribution in [2.45, 2.75) is 52.1 Å². The lowest BCUT2D eigenvalue weighted by atomic mass is 9.98. The second-order valence-electron chi connectivity index (χ2n) is 7.66. The number of Topliss-reactive ketones (excluding diaryl/α,β-unsaturated/α-hetero) is 1. The Hall–Kier alpha value is -3.22. The van der Waals surface area contributed by atoms with Gasteiger partial charge in [-0.2, -0.15) is 0 Å². The molecule has 0 bridgehead atoms. The topological polar surface area (TPSA) is 91.3 Å². The normalized spacial score (nSPS) is 13.6. The van der Waals surface area contributed by atoms with Crippen LogP contribution in [0.25, 0.3) is 0 Å². The number of carbonyl (C=O) groups is 2. The minimum Gasteiger partial charge on any atom is -0.492 e. The number of rotatable bonds is 12. The lowest BCUT2D eigenvalue weighted by molar-refractivity contribution is -0.139. The first-order valence-corrected chi connectivity index (χ1v) is 11.1. The van der Waals surface area contributed by atoms with Crippen molar-refractivity contribution in [3.8, 4) is 23.0 Å². The first kappa shape index (κ1) is 23.4. The summed E-state index contributed by atoms with van der Waals surface area (Å²) in [5.74, 6) is 1.24. The van der Waals surface area contributed by atoms with Gasteiger partial charge < -0.3 is 24.1 Å². The monoisotopic (exact) mass is 442 g/mol. The van der Waals surface area contributed by atoms with E-state index in [-0.39, 0.29) is 11.9 Å². The number of carbonyl (C=O) groups excluding carboxylic acids is 1. The largest absolute Gasteiger partial charge is 0.492 e. The number of para-hydroxylation sites is 2. The van der Waals surface area contributed by atoms with Crippen LogP contribution < -0.4 is 18.9 Å². The molecule has 1 N–H and O–H groups in total. The molecular weight excluding hydrogens is 412 g/mol. The Morgan fingerprint density at radius 2 is 1.84 bits per heavy atom. The molecule has 0 saturated heterocycles. The molecule has 0 aliphatic carbocycles. The van der Waals surface area contributed by atoms with Gasteiger partial charge in [0, 0.05) is 12.0 Å². The second-order valence-corrected chi connectivity index (χ2v) is 7.66. The summed E-state index contributed by atoms with van der Waals surface area (Å²) in [6, 6.07) is 10.6. The molecule has 1 aliphatic rings. The first-order valence-electron chi connectivity index (χ1n) is 11.1. The van der Waals surface area contributed by atoms with E-state index in [1.165, 1.54) is 0 Å². The van der Waals surface area contributed by atoms with E-state index < -0.39 is 12.6 Å². The maximum Gasteiger partial charge on any atom is 0.341 e. The fraction of sp³-hybridized carbons (Fsp3) is 0.440. The smallest absolute Gasteiger partial charge is 0.341 e. The zero-order valence-electron chi connectivity index (χ0n) is 18.6. The predicted octanol–water partition coefficient (Wildman–Crippen LogP) is 4.69. The van der Waals surface area contributed by atoms with Crippen LogP contribution in [0.15, 0.2) is 36.4 Å². The molecule has 1 atom stereocenters. The minimum absolute atomic E-state index is 0.0975. The van der Waals surface area contributed by atoms with Crippen LogP contribution in [0.5, 0.6) is 23.0 Å². The molecule has 0 amide bonds. The quantitative estimate of drug-likeness (QED) is 0.510. The fourth-order valence-electron chi connectivity index (χ4n) is 3.66. The molecule has 0 fully saturated rings. The summed E-state index contributed by atoms with van der Waals surface area (Å²) in [6.45, 7) is 4.38. The number of carboxylic acid groups (broad SMARTS) is 1. The van der Waals surface area contributed by atoms with Crippen molar-refractivity contribution in [1.29, 1.82) is 0 Å². The van der Waals surface area contributed by atoms with E-state index in [9.17, 15) is 9.59 Å². The summed E-state index contributed by atoms with van der Waals surface area (Å²) in [6.07, 6.45) is 3.41. The Kier molecular flexibility index (Phi) is 8.36. The zero-order valence-corrected chi connectivity index (χ0v) is 18.6. The van der Waals surface area contributed by atoms with Crippen LogP contribution in [-0.2, 0) is 11.2 Å². The van der Waals surface area contributed by atoms with Crippen LogP contribution in [0.1, 0.15) is 55.5 Å². The van der Waals surface area contributed by atoms with Crippen LogP contribution in [0.2, 0.25) is 0 Å². The van der Waals surface area contributed by atoms with Gasteiger partial charge in [0.15, 0.2) is 23.9 Å². The summed E-state index contributed by atoms with van der Waals surface area (Å²) in [7, 11) is 0. The van der Waals surface area contributed by atoms with Gasteiger partial charge in [0.2, 0.25) is 0 Å². The molecule has 0 spiro atoms. The Balaban J connectivity index is 1.75. The van der Waals surface area contributed by atoms with E-state index in [1.807, 2.05) is 12.1 Å². The van der Waals surface area contributed by atoms with Crippen molar-refractivity contribution in [1.82, 2.24) is 0 Å². The third-order valence-electron chi connectivity index (χ3n) is 5.12. The number of aliphatic carboxylic acids is 1. The second kappa shape index (κ2) is 11.4. The van der Waals surface area contributed by atoms with Gasteiger partial charge in [0.25, 0.3) is 0 Å². The minimum atomic E-state index is -1.05. The summed E-state index contributed by atoms with van der Waals surface area (Å²) < 4.78 is 23.5. The van der Waals surface area contributed by atoms with Crippen molar-refractivity contribution in [3.63, 3.8) is 0 Å². The van der Waals surface area contributed by atoms with Gasteiger partial charge in [-0.05, 0) is 37.1 Å². The lowest BCUT2D eigenvalue weighted by Gasteiger charge is -2.24. The summed E-state index contributed by atoms with van der Waals surface area (Å²) in [5.41, 5.74) is 1.54. The van der Waals surface area contributed by atoms with Crippen molar-refractivity contribution in [2.75, 3.05) is 19.8 Å². The Labute approximate surface area is 188 Å². The molecule has 2 aromatic carbocycles. The predicted molar refractivity (Wildman–Crippen MR) is 119 cm³/mol. The molecule has 32 heavy (non-hydrogen) atoms. The third kappa shape index (κ3) is 5.93. The van der Waals surface area contributed by atoms with Crippen LogP contribution in [0.3, 0.4) is 0 Å². The number of hydrogen-bond acceptors (Lipinski definition) is 6. The molecule has 7 nitrogen and oxygen atoms in total. The van der Waals surface area contributed by atoms with Gasteiger partial charge in [-0.25, -0.2) is 4.79 Å². The third-order valence-corrected chi connectivity index (χ3v) is 5.12. The maximum absolute atomic E-state index is 12.2. The Morgan fingerprint density at radius 3 is 2.56 bits per heavy atom. The van der Waals surface area contributed by atoms with Gasteiger partial charge in [-0.3, -0.25) is 4.79 Å². The first-order chi connectivity index (χ1) is 15.5. The van der Waals surface area contributed by atoms with E-state index in [2.05, 4.69) is 13.8 Å². The van der Waals surface area contributed by atoms with E-state index in [1.54, 1.807) is 24.3 Å². The van der Waals surface area contributed by atoms with Gasteiger partial charge in [-0.1, -0.05) is 38.8 Å². The summed E-state index contributed by atoms with van der Waals surface area (Å²) in [5, 5.41) is 8.90. The van der Waals surface area contributed by atoms with Crippen molar-refractivity contribution < 1.29 is 33.6 Å². The van der Waals surface area contributed by atoms with Gasteiger partial charge in [0.05, 0.1) is 12.2 Å². The van der Waals surface area contributed by atoms with Crippen LogP contribution in [0, 0.1) is 0 Å². The molecule has 3 rings (SSSR count). The average Bonchev–Trinajstić information content (AvgIpc) is 2.78. The zero-order chi connectivity index (χ0) is 22.9. The molecule has 0 radical (unpaired) electrons. The fourth-order valence-corrected chi connectivity index (χ4v) is 3.66. The summed E-state index contributed by atoms with van der Waals surface area (Å²) in [4.78, 5) is 23.1. The molecule has 2 aromatic rings. The van der Waals surface area contributed by atoms with Gasteiger partial charge in [0.1, 0.15) is 24.2 Å². The van der Waals surface area contributed by atoms with Gasteiger partial charge in [-0.15, -0.1) is 0 Å². The maximum atomic E-state index is 12.2. The molecule has 172 valence electrons. The number of carboxylic acids is 1. The van der Waals surface area contributed by atoms with E-state index in [4.69, 9.17) is 24.1 Å². The average molecular weight is 443 g/mol. The highest BCUT2D eigenvalue weighted by Gasteiger charge is 2.24. The van der Waals surface area contributed by atoms with E-state index >= 15 is 0 Å². The highest BCUT2D eigenvalue weighted by atomic mass is 16.6. The number of ether oxygens (including phenoxy) is 4. The molecule has 0 aromatic heterocycles. The van der Waals surface area contributed by atoms with E-state index in [0.717, 1.165) is 31.2 Å². The molecule has 7 heteroatoms. The molecule has 1 aliphatic heterocycles. The van der Waals surface area contributed by atoms with Crippen LogP contribution in [-0.4, -0.2) is 42.8 Å². The number of benzene rings is 2. The van der Waals surface area contributed by atoms with Crippen molar-refractivity contribution in [3.05, 3.63) is 47.5 Å². The molecular formula is C25H30O7. The molecule has 1 heterocycles. The number of fused-ring (bicyclic) bond motifs is 1.